The van der Waals surface area contributed by atoms with E-state index in [-0.39, 0.29) is 12.5 Å². The standard InChI is InChI=1S/C13H15NO2S/c1-3-7-14-13(16)9-17-12-6-4-5-11(8-12)10(2)15/h1,4-6,8,10,15H,7,9H2,2H3,(H,14,16). The number of carbonyl (C=O) groups excluding carboxylic acids is 1. The van der Waals surface area contributed by atoms with Gasteiger partial charge in [-0.1, -0.05) is 18.1 Å². The van der Waals surface area contributed by atoms with E-state index in [0.29, 0.717) is 5.75 Å². The highest BCUT2D eigenvalue weighted by Gasteiger charge is 2.04. The van der Waals surface area contributed by atoms with Crippen molar-refractivity contribution in [2.75, 3.05) is 12.3 Å². The van der Waals surface area contributed by atoms with E-state index in [1.54, 1.807) is 6.92 Å². The molecule has 4 heteroatoms. The van der Waals surface area contributed by atoms with Crippen LogP contribution in [0.15, 0.2) is 29.2 Å². The molecule has 90 valence electrons. The zero-order valence-corrected chi connectivity index (χ0v) is 10.5. The SMILES string of the molecule is C#CCNC(=O)CSc1cccc(C(C)O)c1. The maximum absolute atomic E-state index is 11.3. The van der Waals surface area contributed by atoms with Crippen molar-refractivity contribution in [3.63, 3.8) is 0 Å². The van der Waals surface area contributed by atoms with E-state index in [4.69, 9.17) is 6.42 Å². The summed E-state index contributed by atoms with van der Waals surface area (Å²) >= 11 is 1.42. The number of rotatable bonds is 5. The van der Waals surface area contributed by atoms with Gasteiger partial charge in [-0.15, -0.1) is 18.2 Å². The van der Waals surface area contributed by atoms with Gasteiger partial charge in [0.15, 0.2) is 0 Å². The molecule has 0 saturated heterocycles. The Labute approximate surface area is 106 Å². The zero-order valence-electron chi connectivity index (χ0n) is 9.64. The van der Waals surface area contributed by atoms with Crippen LogP contribution >= 0.6 is 11.8 Å². The van der Waals surface area contributed by atoms with Crippen molar-refractivity contribution in [1.29, 1.82) is 0 Å². The minimum Gasteiger partial charge on any atom is -0.389 e. The number of aliphatic hydroxyl groups is 1. The van der Waals surface area contributed by atoms with Gasteiger partial charge in [0.2, 0.25) is 5.91 Å². The Morgan fingerprint density at radius 3 is 3.06 bits per heavy atom. The Bertz CT molecular complexity index is 424. The minimum absolute atomic E-state index is 0.0876. The largest absolute Gasteiger partial charge is 0.389 e. The minimum atomic E-state index is -0.495. The van der Waals surface area contributed by atoms with Gasteiger partial charge in [0, 0.05) is 4.90 Å². The van der Waals surface area contributed by atoms with Crippen LogP contribution in [0.2, 0.25) is 0 Å². The number of aliphatic hydroxyl groups excluding tert-OH is 1. The van der Waals surface area contributed by atoms with Crippen LogP contribution in [0.25, 0.3) is 0 Å². The van der Waals surface area contributed by atoms with E-state index in [2.05, 4.69) is 11.2 Å². The summed E-state index contributed by atoms with van der Waals surface area (Å²) in [6.07, 6.45) is 4.54. The highest BCUT2D eigenvalue weighted by molar-refractivity contribution is 8.00. The van der Waals surface area contributed by atoms with Crippen molar-refractivity contribution in [2.24, 2.45) is 0 Å². The van der Waals surface area contributed by atoms with Crippen LogP contribution in [-0.2, 0) is 4.79 Å². The van der Waals surface area contributed by atoms with Gasteiger partial charge in [0.1, 0.15) is 0 Å². The molecular weight excluding hydrogens is 234 g/mol. The summed E-state index contributed by atoms with van der Waals surface area (Å²) in [4.78, 5) is 12.3. The number of thioether (sulfide) groups is 1. The van der Waals surface area contributed by atoms with Gasteiger partial charge < -0.3 is 10.4 Å². The second-order valence-electron chi connectivity index (χ2n) is 3.52. The van der Waals surface area contributed by atoms with Gasteiger partial charge in [-0.2, -0.15) is 0 Å². The average Bonchev–Trinajstić information content (AvgIpc) is 2.34. The molecule has 0 aliphatic heterocycles. The monoisotopic (exact) mass is 249 g/mol. The maximum atomic E-state index is 11.3. The fraction of sp³-hybridized carbons (Fsp3) is 0.308. The summed E-state index contributed by atoms with van der Waals surface area (Å²) in [7, 11) is 0. The summed E-state index contributed by atoms with van der Waals surface area (Å²) < 4.78 is 0. The summed E-state index contributed by atoms with van der Waals surface area (Å²) in [5, 5.41) is 12.0. The molecule has 0 aliphatic carbocycles. The first-order valence-electron chi connectivity index (χ1n) is 5.24. The van der Waals surface area contributed by atoms with Crippen molar-refractivity contribution < 1.29 is 9.90 Å². The number of hydrogen-bond donors (Lipinski definition) is 2. The third kappa shape index (κ3) is 4.94. The molecule has 0 aliphatic rings. The molecule has 0 saturated carbocycles. The van der Waals surface area contributed by atoms with Gasteiger partial charge in [0.05, 0.1) is 18.4 Å². The van der Waals surface area contributed by atoms with Gasteiger partial charge in [-0.3, -0.25) is 4.79 Å². The molecule has 0 bridgehead atoms. The fourth-order valence-electron chi connectivity index (χ4n) is 1.21. The first-order chi connectivity index (χ1) is 8.13. The van der Waals surface area contributed by atoms with Crippen molar-refractivity contribution in [3.05, 3.63) is 29.8 Å². The highest BCUT2D eigenvalue weighted by atomic mass is 32.2. The second-order valence-corrected chi connectivity index (χ2v) is 4.57. The fourth-order valence-corrected chi connectivity index (χ4v) is 2.01. The molecule has 0 spiro atoms. The quantitative estimate of drug-likeness (QED) is 0.615. The van der Waals surface area contributed by atoms with Crippen molar-refractivity contribution in [2.45, 2.75) is 17.9 Å². The molecule has 1 aromatic carbocycles. The normalized spacial score (nSPS) is 11.6. The number of amides is 1. The van der Waals surface area contributed by atoms with E-state index in [1.165, 1.54) is 11.8 Å². The lowest BCUT2D eigenvalue weighted by molar-refractivity contribution is -0.118. The van der Waals surface area contributed by atoms with Crippen LogP contribution in [0.1, 0.15) is 18.6 Å². The molecule has 1 unspecified atom stereocenters. The third-order valence-electron chi connectivity index (χ3n) is 2.10. The predicted octanol–water partition coefficient (Wildman–Crippen LogP) is 1.58. The lowest BCUT2D eigenvalue weighted by Crippen LogP contribution is -2.25. The molecule has 2 N–H and O–H groups in total. The van der Waals surface area contributed by atoms with Gasteiger partial charge in [-0.25, -0.2) is 0 Å². The summed E-state index contributed by atoms with van der Waals surface area (Å²) in [5.41, 5.74) is 0.846. The Kier molecular flexibility index (Phi) is 5.61. The van der Waals surface area contributed by atoms with Gasteiger partial charge in [-0.05, 0) is 24.6 Å². The highest BCUT2D eigenvalue weighted by Crippen LogP contribution is 2.21. The first kappa shape index (κ1) is 13.6. The zero-order chi connectivity index (χ0) is 12.7. The summed E-state index contributed by atoms with van der Waals surface area (Å²) in [5.74, 6) is 2.58. The first-order valence-corrected chi connectivity index (χ1v) is 6.23. The molecule has 3 nitrogen and oxygen atoms in total. The Hall–Kier alpha value is -1.44. The lowest BCUT2D eigenvalue weighted by Gasteiger charge is -2.07. The molecule has 0 heterocycles. The van der Waals surface area contributed by atoms with Crippen molar-refractivity contribution >= 4 is 17.7 Å². The molecule has 17 heavy (non-hydrogen) atoms. The van der Waals surface area contributed by atoms with E-state index in [1.807, 2.05) is 24.3 Å². The molecule has 0 aromatic heterocycles. The topological polar surface area (TPSA) is 49.3 Å². The smallest absolute Gasteiger partial charge is 0.231 e. The molecule has 1 aromatic rings. The Morgan fingerprint density at radius 1 is 1.65 bits per heavy atom. The number of benzene rings is 1. The van der Waals surface area contributed by atoms with E-state index >= 15 is 0 Å². The van der Waals surface area contributed by atoms with Crippen molar-refractivity contribution in [3.8, 4) is 12.3 Å². The summed E-state index contributed by atoms with van der Waals surface area (Å²) in [6, 6.07) is 7.51. The van der Waals surface area contributed by atoms with Crippen LogP contribution < -0.4 is 5.32 Å². The molecule has 0 radical (unpaired) electrons. The maximum Gasteiger partial charge on any atom is 0.231 e. The average molecular weight is 249 g/mol. The molecule has 1 atom stereocenters. The predicted molar refractivity (Wildman–Crippen MR) is 69.6 cm³/mol. The number of terminal acetylenes is 1. The second kappa shape index (κ2) is 7.00. The number of nitrogens with one attached hydrogen (secondary N) is 1. The van der Waals surface area contributed by atoms with Crippen LogP contribution in [0.4, 0.5) is 0 Å². The lowest BCUT2D eigenvalue weighted by atomic mass is 10.1. The third-order valence-corrected chi connectivity index (χ3v) is 3.09. The summed E-state index contributed by atoms with van der Waals surface area (Å²) in [6.45, 7) is 1.97. The molecule has 1 amide bonds. The van der Waals surface area contributed by atoms with Gasteiger partial charge in [0.25, 0.3) is 0 Å². The van der Waals surface area contributed by atoms with Gasteiger partial charge >= 0.3 is 0 Å². The Morgan fingerprint density at radius 2 is 2.41 bits per heavy atom. The van der Waals surface area contributed by atoms with Crippen molar-refractivity contribution in [1.82, 2.24) is 5.32 Å². The number of hydrogen-bond acceptors (Lipinski definition) is 3. The number of carbonyl (C=O) groups is 1. The van der Waals surface area contributed by atoms with E-state index in [0.717, 1.165) is 10.5 Å². The van der Waals surface area contributed by atoms with Crippen LogP contribution in [0.3, 0.4) is 0 Å². The van der Waals surface area contributed by atoms with Crippen LogP contribution in [-0.4, -0.2) is 23.3 Å². The van der Waals surface area contributed by atoms with E-state index in [9.17, 15) is 9.90 Å². The molecule has 0 fully saturated rings. The Balaban J connectivity index is 2.49. The van der Waals surface area contributed by atoms with Crippen LogP contribution in [0, 0.1) is 12.3 Å². The molecular formula is C13H15NO2S. The molecule has 1 rings (SSSR count). The van der Waals surface area contributed by atoms with E-state index < -0.39 is 6.10 Å². The van der Waals surface area contributed by atoms with Crippen LogP contribution in [0.5, 0.6) is 0 Å².